The van der Waals surface area contributed by atoms with Gasteiger partial charge in [0, 0.05) is 23.8 Å². The van der Waals surface area contributed by atoms with E-state index in [4.69, 9.17) is 5.11 Å². The quantitative estimate of drug-likeness (QED) is 0.299. The molecule has 1 aromatic carbocycles. The van der Waals surface area contributed by atoms with E-state index < -0.39 is 10.9 Å². The number of hydrogen-bond acceptors (Lipinski definition) is 4. The summed E-state index contributed by atoms with van der Waals surface area (Å²) in [6.45, 7) is -0.0427. The second-order valence-electron chi connectivity index (χ2n) is 4.30. The maximum atomic E-state index is 12.0. The molecule has 0 fully saturated rings. The van der Waals surface area contributed by atoms with Crippen LogP contribution in [0.2, 0.25) is 0 Å². The van der Waals surface area contributed by atoms with Crippen LogP contribution in [0.25, 0.3) is 0 Å². The van der Waals surface area contributed by atoms with Crippen LogP contribution in [0.3, 0.4) is 0 Å². The maximum absolute atomic E-state index is 12.0. The number of Topliss-reactive ketones (excluding diaryl/α,β-unsaturated/α-hetero) is 1. The Morgan fingerprint density at radius 3 is 2.32 bits per heavy atom. The maximum Gasteiger partial charge on any atom is 0.341 e. The molecule has 0 aliphatic carbocycles. The second kappa shape index (κ2) is 7.41. The summed E-state index contributed by atoms with van der Waals surface area (Å²) in [5.41, 5.74) is 0.315. The van der Waals surface area contributed by atoms with Gasteiger partial charge in [-0.25, -0.2) is 4.79 Å². The summed E-state index contributed by atoms with van der Waals surface area (Å²) in [5.74, 6) is -1.34. The Labute approximate surface area is 135 Å². The van der Waals surface area contributed by atoms with Crippen molar-refractivity contribution in [2.45, 2.75) is 6.54 Å². The molecule has 2 rings (SSSR count). The standard InChI is InChI=1S/C14H10N2O5.BrH/c17-13(10-3-5-12(6-4-10)16(20)21)9-15-7-1-2-11(8-15)14(18)19;/h1-8H,9H2;1H. The number of nitro benzene ring substituents is 1. The zero-order chi connectivity index (χ0) is 15.4. The van der Waals surface area contributed by atoms with Crippen LogP contribution >= 0.6 is 0 Å². The summed E-state index contributed by atoms with van der Waals surface area (Å²) in [6, 6.07) is 8.23. The highest BCUT2D eigenvalue weighted by Crippen LogP contribution is 2.12. The van der Waals surface area contributed by atoms with Gasteiger partial charge < -0.3 is 22.1 Å². The minimum absolute atomic E-state index is 0. The van der Waals surface area contributed by atoms with Crippen LogP contribution < -0.4 is 21.5 Å². The van der Waals surface area contributed by atoms with Crippen molar-refractivity contribution in [3.63, 3.8) is 0 Å². The largest absolute Gasteiger partial charge is 1.00 e. The molecule has 0 atom stereocenters. The van der Waals surface area contributed by atoms with Gasteiger partial charge in [-0.2, -0.15) is 4.57 Å². The number of hydrogen-bond donors (Lipinski definition) is 1. The second-order valence-corrected chi connectivity index (χ2v) is 4.30. The van der Waals surface area contributed by atoms with Crippen LogP contribution in [0.5, 0.6) is 0 Å². The topological polar surface area (TPSA) is 101 Å². The Morgan fingerprint density at radius 1 is 1.14 bits per heavy atom. The summed E-state index contributed by atoms with van der Waals surface area (Å²) in [6.07, 6.45) is 2.93. The summed E-state index contributed by atoms with van der Waals surface area (Å²) < 4.78 is 1.45. The highest BCUT2D eigenvalue weighted by atomic mass is 79.9. The number of pyridine rings is 1. The molecule has 22 heavy (non-hydrogen) atoms. The van der Waals surface area contributed by atoms with Gasteiger partial charge in [-0.05, 0) is 18.2 Å². The predicted molar refractivity (Wildman–Crippen MR) is 71.0 cm³/mol. The van der Waals surface area contributed by atoms with Crippen LogP contribution in [0.4, 0.5) is 5.69 Å². The molecule has 8 heteroatoms. The zero-order valence-corrected chi connectivity index (χ0v) is 12.8. The smallest absolute Gasteiger partial charge is 0.341 e. The van der Waals surface area contributed by atoms with E-state index in [-0.39, 0.29) is 40.6 Å². The first-order chi connectivity index (χ1) is 9.97. The molecular formula is C14H11BrN2O5. The Morgan fingerprint density at radius 2 is 1.77 bits per heavy atom. The number of carboxylic acid groups (broad SMARTS) is 1. The average molecular weight is 367 g/mol. The fraction of sp³-hybridized carbons (Fsp3) is 0.0714. The molecule has 7 nitrogen and oxygen atoms in total. The van der Waals surface area contributed by atoms with E-state index in [1.54, 1.807) is 6.20 Å². The molecule has 0 aliphatic heterocycles. The molecule has 0 saturated carbocycles. The number of carboxylic acids is 1. The van der Waals surface area contributed by atoms with E-state index >= 15 is 0 Å². The lowest BCUT2D eigenvalue weighted by Crippen LogP contribution is -3.00. The first-order valence-corrected chi connectivity index (χ1v) is 5.97. The van der Waals surface area contributed by atoms with Gasteiger partial charge in [0.15, 0.2) is 12.4 Å². The molecule has 1 heterocycles. The van der Waals surface area contributed by atoms with E-state index in [1.807, 2.05) is 0 Å². The lowest BCUT2D eigenvalue weighted by atomic mass is 10.1. The number of ketones is 1. The fourth-order valence-corrected chi connectivity index (χ4v) is 1.77. The number of aromatic carboxylic acids is 1. The highest BCUT2D eigenvalue weighted by molar-refractivity contribution is 5.95. The lowest BCUT2D eigenvalue weighted by molar-refractivity contribution is -0.683. The Balaban J connectivity index is 0.00000242. The molecule has 2 aromatic rings. The van der Waals surface area contributed by atoms with E-state index in [0.29, 0.717) is 5.56 Å². The number of benzene rings is 1. The normalized spacial score (nSPS) is 9.64. The van der Waals surface area contributed by atoms with E-state index in [9.17, 15) is 19.7 Å². The Kier molecular flexibility index (Phi) is 5.88. The van der Waals surface area contributed by atoms with Gasteiger partial charge in [0.05, 0.1) is 4.92 Å². The van der Waals surface area contributed by atoms with Gasteiger partial charge in [-0.15, -0.1) is 0 Å². The van der Waals surface area contributed by atoms with E-state index in [2.05, 4.69) is 0 Å². The molecule has 1 N–H and O–H groups in total. The number of aromatic nitrogens is 1. The molecule has 0 radical (unpaired) electrons. The summed E-state index contributed by atoms with van der Waals surface area (Å²) in [5, 5.41) is 19.4. The number of rotatable bonds is 5. The Bertz CT molecular complexity index is 715. The van der Waals surface area contributed by atoms with Gasteiger partial charge in [-0.3, -0.25) is 14.9 Å². The van der Waals surface area contributed by atoms with Crippen molar-refractivity contribution in [3.8, 4) is 0 Å². The molecule has 0 bridgehead atoms. The van der Waals surface area contributed by atoms with E-state index in [1.165, 1.54) is 47.2 Å². The van der Waals surface area contributed by atoms with Crippen molar-refractivity contribution in [1.29, 1.82) is 0 Å². The highest BCUT2D eigenvalue weighted by Gasteiger charge is 2.15. The van der Waals surface area contributed by atoms with Gasteiger partial charge in [0.2, 0.25) is 12.3 Å². The van der Waals surface area contributed by atoms with E-state index in [0.717, 1.165) is 0 Å². The average Bonchev–Trinajstić information content (AvgIpc) is 2.47. The number of nitro groups is 1. The summed E-state index contributed by atoms with van der Waals surface area (Å²) in [4.78, 5) is 32.9. The summed E-state index contributed by atoms with van der Waals surface area (Å²) >= 11 is 0. The van der Waals surface area contributed by atoms with Gasteiger partial charge in [0.25, 0.3) is 5.69 Å². The number of carbonyl (C=O) groups excluding carboxylic acids is 1. The molecule has 0 unspecified atom stereocenters. The first-order valence-electron chi connectivity index (χ1n) is 5.97. The number of non-ortho nitro benzene ring substituents is 1. The summed E-state index contributed by atoms with van der Waals surface area (Å²) in [7, 11) is 0. The number of carbonyl (C=O) groups is 2. The molecule has 0 spiro atoms. The minimum Gasteiger partial charge on any atom is -1.00 e. The van der Waals surface area contributed by atoms with Crippen molar-refractivity contribution >= 4 is 17.4 Å². The van der Waals surface area contributed by atoms with Gasteiger partial charge in [-0.1, -0.05) is 0 Å². The van der Waals surface area contributed by atoms with Crippen LogP contribution in [0.15, 0.2) is 48.8 Å². The van der Waals surface area contributed by atoms with Crippen molar-refractivity contribution in [3.05, 3.63) is 70.0 Å². The zero-order valence-electron chi connectivity index (χ0n) is 11.2. The van der Waals surface area contributed by atoms with Crippen molar-refractivity contribution in [2.24, 2.45) is 0 Å². The third-order valence-electron chi connectivity index (χ3n) is 2.83. The van der Waals surface area contributed by atoms with Crippen LogP contribution in [0, 0.1) is 10.1 Å². The van der Waals surface area contributed by atoms with Gasteiger partial charge >= 0.3 is 5.97 Å². The molecule has 0 amide bonds. The van der Waals surface area contributed by atoms with Crippen molar-refractivity contribution < 1.29 is 41.2 Å². The molecular weight excluding hydrogens is 356 g/mol. The molecule has 114 valence electrons. The molecule has 0 aliphatic rings. The van der Waals surface area contributed by atoms with Crippen LogP contribution in [-0.4, -0.2) is 21.8 Å². The monoisotopic (exact) mass is 366 g/mol. The minimum atomic E-state index is -1.08. The van der Waals surface area contributed by atoms with Gasteiger partial charge in [0.1, 0.15) is 5.56 Å². The fourth-order valence-electron chi connectivity index (χ4n) is 1.77. The van der Waals surface area contributed by atoms with Crippen LogP contribution in [-0.2, 0) is 6.54 Å². The Hall–Kier alpha value is -2.61. The number of nitrogens with zero attached hydrogens (tertiary/aromatic N) is 2. The third-order valence-corrected chi connectivity index (χ3v) is 2.83. The number of halogens is 1. The first kappa shape index (κ1) is 17.4. The van der Waals surface area contributed by atoms with Crippen molar-refractivity contribution in [1.82, 2.24) is 0 Å². The van der Waals surface area contributed by atoms with Crippen molar-refractivity contribution in [2.75, 3.05) is 0 Å². The SMILES string of the molecule is O=C(O)c1ccc[n+](CC(=O)c2ccc([N+](=O)[O-])cc2)c1.[Br-]. The molecule has 1 aromatic heterocycles. The lowest BCUT2D eigenvalue weighted by Gasteiger charge is -1.99. The van der Waals surface area contributed by atoms with Crippen LogP contribution in [0.1, 0.15) is 20.7 Å². The predicted octanol–water partition coefficient (Wildman–Crippen LogP) is -1.53. The molecule has 0 saturated heterocycles. The third kappa shape index (κ3) is 4.19.